The Morgan fingerprint density at radius 1 is 1.19 bits per heavy atom. The molecule has 0 saturated heterocycles. The smallest absolute Gasteiger partial charge is 0.354 e. The molecular weight excluding hydrogens is 338 g/mol. The molecule has 0 aliphatic carbocycles. The molecule has 0 aliphatic rings. The quantitative estimate of drug-likeness (QED) is 0.680. The third-order valence-corrected chi connectivity index (χ3v) is 2.99. The molecule has 1 N–H and O–H groups in total. The molecule has 1 aromatic heterocycles. The number of benzene rings is 1. The van der Waals surface area contributed by atoms with E-state index in [1.807, 2.05) is 18.2 Å². The molecule has 0 saturated carbocycles. The zero-order valence-corrected chi connectivity index (χ0v) is 12.7. The lowest BCUT2D eigenvalue weighted by Gasteiger charge is -2.07. The number of methoxy groups -OCH3 is 1. The summed E-state index contributed by atoms with van der Waals surface area (Å²) in [5.74, 6) is -1.09. The number of hydrogen-bond acceptors (Lipinski definition) is 4. The van der Waals surface area contributed by atoms with E-state index in [2.05, 4.69) is 26.0 Å². The minimum absolute atomic E-state index is 0.0289. The fourth-order valence-corrected chi connectivity index (χ4v) is 1.90. The van der Waals surface area contributed by atoms with E-state index >= 15 is 0 Å². The summed E-state index contributed by atoms with van der Waals surface area (Å²) < 4.78 is 10.2. The van der Waals surface area contributed by atoms with Crippen LogP contribution in [-0.4, -0.2) is 19.0 Å². The van der Waals surface area contributed by atoms with Gasteiger partial charge >= 0.3 is 5.97 Å². The molecule has 0 unspecified atom stereocenters. The van der Waals surface area contributed by atoms with Crippen LogP contribution >= 0.6 is 15.9 Å². The van der Waals surface area contributed by atoms with Crippen LogP contribution in [0.5, 0.6) is 0 Å². The number of hydrogen-bond donors (Lipinski definition) is 1. The minimum atomic E-state index is -0.641. The van der Waals surface area contributed by atoms with E-state index in [-0.39, 0.29) is 11.5 Å². The van der Waals surface area contributed by atoms with Crippen molar-refractivity contribution in [3.8, 4) is 0 Å². The Kier molecular flexibility index (Phi) is 4.94. The van der Waals surface area contributed by atoms with Gasteiger partial charge in [-0.2, -0.15) is 0 Å². The topological polar surface area (TPSA) is 68.5 Å². The van der Waals surface area contributed by atoms with Crippen LogP contribution in [0.2, 0.25) is 0 Å². The van der Waals surface area contributed by atoms with Gasteiger partial charge in [-0.3, -0.25) is 4.79 Å². The Balaban J connectivity index is 2.23. The summed E-state index contributed by atoms with van der Waals surface area (Å²) in [5.41, 5.74) is 0.792. The Morgan fingerprint density at radius 2 is 1.90 bits per heavy atom. The molecule has 6 heteroatoms. The summed E-state index contributed by atoms with van der Waals surface area (Å²) in [5, 5.41) is 2.48. The van der Waals surface area contributed by atoms with Gasteiger partial charge in [0.1, 0.15) is 5.70 Å². The molecule has 0 spiro atoms. The molecule has 0 bridgehead atoms. The van der Waals surface area contributed by atoms with Crippen LogP contribution in [0.15, 0.2) is 57.2 Å². The summed E-state index contributed by atoms with van der Waals surface area (Å²) in [7, 11) is 1.25. The molecule has 0 radical (unpaired) electrons. The first-order chi connectivity index (χ1) is 10.1. The number of ether oxygens (including phenoxy) is 1. The first kappa shape index (κ1) is 15.1. The van der Waals surface area contributed by atoms with Gasteiger partial charge in [-0.15, -0.1) is 0 Å². The maximum atomic E-state index is 12.0. The average molecular weight is 350 g/mol. The lowest BCUT2D eigenvalue weighted by Crippen LogP contribution is -2.27. The van der Waals surface area contributed by atoms with Gasteiger partial charge in [0.15, 0.2) is 10.4 Å². The molecule has 2 rings (SSSR count). The summed E-state index contributed by atoms with van der Waals surface area (Å²) in [4.78, 5) is 23.7. The zero-order chi connectivity index (χ0) is 15.2. The van der Waals surface area contributed by atoms with E-state index in [1.165, 1.54) is 19.3 Å². The molecular formula is C15H12BrNO4. The van der Waals surface area contributed by atoms with Gasteiger partial charge in [0, 0.05) is 0 Å². The van der Waals surface area contributed by atoms with Crippen LogP contribution in [-0.2, 0) is 9.53 Å². The average Bonchev–Trinajstić information content (AvgIpc) is 2.93. The monoisotopic (exact) mass is 349 g/mol. The van der Waals surface area contributed by atoms with Crippen molar-refractivity contribution < 1.29 is 18.7 Å². The first-order valence-corrected chi connectivity index (χ1v) is 6.81. The maximum absolute atomic E-state index is 12.0. The molecule has 1 heterocycles. The normalized spacial score (nSPS) is 11.0. The van der Waals surface area contributed by atoms with Crippen LogP contribution in [0.3, 0.4) is 0 Å². The van der Waals surface area contributed by atoms with E-state index < -0.39 is 11.9 Å². The SMILES string of the molecule is COC(=O)C(=Cc1ccccc1)NC(=O)c1ccc(Br)o1. The highest BCUT2D eigenvalue weighted by molar-refractivity contribution is 9.10. The molecule has 2 aromatic rings. The second-order valence-corrected chi connectivity index (χ2v) is 4.80. The van der Waals surface area contributed by atoms with Crippen molar-refractivity contribution in [3.05, 3.63) is 64.2 Å². The lowest BCUT2D eigenvalue weighted by atomic mass is 10.2. The van der Waals surface area contributed by atoms with E-state index in [1.54, 1.807) is 18.2 Å². The van der Waals surface area contributed by atoms with Crippen LogP contribution in [0.1, 0.15) is 16.1 Å². The number of halogens is 1. The number of nitrogens with one attached hydrogen (secondary N) is 1. The Labute approximate surface area is 129 Å². The van der Waals surface area contributed by atoms with Gasteiger partial charge in [-0.25, -0.2) is 4.79 Å². The fourth-order valence-electron chi connectivity index (χ4n) is 1.59. The highest BCUT2D eigenvalue weighted by Crippen LogP contribution is 2.14. The minimum Gasteiger partial charge on any atom is -0.464 e. The molecule has 108 valence electrons. The third-order valence-electron chi connectivity index (χ3n) is 2.56. The first-order valence-electron chi connectivity index (χ1n) is 6.02. The molecule has 1 amide bonds. The van der Waals surface area contributed by atoms with Crippen molar-refractivity contribution in [2.45, 2.75) is 0 Å². The van der Waals surface area contributed by atoms with Gasteiger partial charge in [0.05, 0.1) is 7.11 Å². The molecule has 1 aromatic carbocycles. The van der Waals surface area contributed by atoms with E-state index in [4.69, 9.17) is 4.42 Å². The summed E-state index contributed by atoms with van der Waals surface area (Å²) in [6.45, 7) is 0. The maximum Gasteiger partial charge on any atom is 0.354 e. The predicted molar refractivity (Wildman–Crippen MR) is 80.3 cm³/mol. The van der Waals surface area contributed by atoms with Crippen molar-refractivity contribution in [2.75, 3.05) is 7.11 Å². The second-order valence-electron chi connectivity index (χ2n) is 4.02. The van der Waals surface area contributed by atoms with Crippen LogP contribution in [0.4, 0.5) is 0 Å². The van der Waals surface area contributed by atoms with E-state index in [0.717, 1.165) is 5.56 Å². The van der Waals surface area contributed by atoms with E-state index in [0.29, 0.717) is 4.67 Å². The predicted octanol–water partition coefficient (Wildman–Crippen LogP) is 2.99. The number of amides is 1. The number of esters is 1. The van der Waals surface area contributed by atoms with Gasteiger partial charge in [-0.1, -0.05) is 30.3 Å². The fraction of sp³-hybridized carbons (Fsp3) is 0.0667. The molecule has 5 nitrogen and oxygen atoms in total. The van der Waals surface area contributed by atoms with Crippen LogP contribution in [0.25, 0.3) is 6.08 Å². The van der Waals surface area contributed by atoms with Crippen LogP contribution in [0, 0.1) is 0 Å². The molecule has 0 atom stereocenters. The van der Waals surface area contributed by atoms with Gasteiger partial charge < -0.3 is 14.5 Å². The standard InChI is InChI=1S/C15H12BrNO4/c1-20-15(19)11(9-10-5-3-2-4-6-10)17-14(18)12-7-8-13(16)21-12/h2-9H,1H3,(H,17,18). The summed E-state index contributed by atoms with van der Waals surface area (Å²) in [6, 6.07) is 12.2. The number of rotatable bonds is 4. The van der Waals surface area contributed by atoms with Crippen molar-refractivity contribution in [3.63, 3.8) is 0 Å². The second kappa shape index (κ2) is 6.90. The summed E-state index contributed by atoms with van der Waals surface area (Å²) >= 11 is 3.11. The van der Waals surface area contributed by atoms with Gasteiger partial charge in [0.2, 0.25) is 0 Å². The van der Waals surface area contributed by atoms with Crippen LogP contribution < -0.4 is 5.32 Å². The Bertz CT molecular complexity index is 676. The van der Waals surface area contributed by atoms with Gasteiger partial charge in [-0.05, 0) is 39.7 Å². The van der Waals surface area contributed by atoms with Crippen molar-refractivity contribution in [1.82, 2.24) is 5.32 Å². The zero-order valence-electron chi connectivity index (χ0n) is 11.1. The largest absolute Gasteiger partial charge is 0.464 e. The van der Waals surface area contributed by atoms with E-state index in [9.17, 15) is 9.59 Å². The molecule has 0 fully saturated rings. The molecule has 0 aliphatic heterocycles. The van der Waals surface area contributed by atoms with Crippen molar-refractivity contribution >= 4 is 33.9 Å². The molecule has 21 heavy (non-hydrogen) atoms. The third kappa shape index (κ3) is 4.06. The van der Waals surface area contributed by atoms with Crippen molar-refractivity contribution in [2.24, 2.45) is 0 Å². The number of furan rings is 1. The highest BCUT2D eigenvalue weighted by Gasteiger charge is 2.17. The lowest BCUT2D eigenvalue weighted by molar-refractivity contribution is -0.136. The van der Waals surface area contributed by atoms with Crippen molar-refractivity contribution in [1.29, 1.82) is 0 Å². The number of carbonyl (C=O) groups excluding carboxylic acids is 2. The Hall–Kier alpha value is -2.34. The Morgan fingerprint density at radius 3 is 2.48 bits per heavy atom. The number of carbonyl (C=O) groups is 2. The highest BCUT2D eigenvalue weighted by atomic mass is 79.9. The van der Waals surface area contributed by atoms with Gasteiger partial charge in [0.25, 0.3) is 5.91 Å². The summed E-state index contributed by atoms with van der Waals surface area (Å²) in [6.07, 6.45) is 1.53.